The summed E-state index contributed by atoms with van der Waals surface area (Å²) in [6.45, 7) is 7.29. The van der Waals surface area contributed by atoms with Gasteiger partial charge in [-0.25, -0.2) is 4.98 Å². The average molecular weight is 424 g/mol. The monoisotopic (exact) mass is 423 g/mol. The first-order valence-electron chi connectivity index (χ1n) is 9.16. The maximum absolute atomic E-state index is 12.5. The van der Waals surface area contributed by atoms with Gasteiger partial charge in [0.15, 0.2) is 6.61 Å². The molecule has 0 saturated carbocycles. The molecule has 1 aliphatic heterocycles. The molecular formula is C19H23Cl2N5O2. The Morgan fingerprint density at radius 1 is 1.18 bits per heavy atom. The Morgan fingerprint density at radius 3 is 2.61 bits per heavy atom. The molecule has 7 nitrogen and oxygen atoms in total. The van der Waals surface area contributed by atoms with Crippen LogP contribution >= 0.6 is 23.2 Å². The van der Waals surface area contributed by atoms with Crippen LogP contribution in [0, 0.1) is 6.92 Å². The number of ether oxygens (including phenoxy) is 1. The molecule has 1 saturated heterocycles. The van der Waals surface area contributed by atoms with Crippen LogP contribution in [0.25, 0.3) is 0 Å². The highest BCUT2D eigenvalue weighted by atomic mass is 35.5. The predicted molar refractivity (Wildman–Crippen MR) is 112 cm³/mol. The average Bonchev–Trinajstić information content (AvgIpc) is 2.67. The molecule has 1 N–H and O–H groups in total. The van der Waals surface area contributed by atoms with Gasteiger partial charge in [0.2, 0.25) is 5.95 Å². The van der Waals surface area contributed by atoms with Gasteiger partial charge in [-0.3, -0.25) is 4.79 Å². The minimum Gasteiger partial charge on any atom is -0.482 e. The van der Waals surface area contributed by atoms with Gasteiger partial charge in [-0.15, -0.1) is 0 Å². The van der Waals surface area contributed by atoms with Gasteiger partial charge < -0.3 is 19.9 Å². The molecule has 1 amide bonds. The topological polar surface area (TPSA) is 70.6 Å². The van der Waals surface area contributed by atoms with E-state index >= 15 is 0 Å². The van der Waals surface area contributed by atoms with E-state index in [0.717, 1.165) is 18.1 Å². The van der Waals surface area contributed by atoms with Crippen molar-refractivity contribution < 1.29 is 9.53 Å². The van der Waals surface area contributed by atoms with Gasteiger partial charge in [-0.05, 0) is 32.0 Å². The number of carbonyl (C=O) groups excluding carboxylic acids is 1. The lowest BCUT2D eigenvalue weighted by Gasteiger charge is -2.35. The summed E-state index contributed by atoms with van der Waals surface area (Å²) in [5, 5.41) is 4.06. The molecule has 0 atom stereocenters. The highest BCUT2D eigenvalue weighted by Gasteiger charge is 2.23. The number of amides is 1. The van der Waals surface area contributed by atoms with E-state index in [9.17, 15) is 4.79 Å². The molecule has 0 aliphatic carbocycles. The molecule has 28 heavy (non-hydrogen) atoms. The largest absolute Gasteiger partial charge is 0.482 e. The lowest BCUT2D eigenvalue weighted by Crippen LogP contribution is -2.50. The lowest BCUT2D eigenvalue weighted by atomic mass is 10.3. The van der Waals surface area contributed by atoms with Crippen molar-refractivity contribution in [2.75, 3.05) is 49.5 Å². The van der Waals surface area contributed by atoms with Crippen LogP contribution in [0.1, 0.15) is 12.6 Å². The fraction of sp³-hybridized carbons (Fsp3) is 0.421. The maximum atomic E-state index is 12.5. The number of anilines is 2. The van der Waals surface area contributed by atoms with Gasteiger partial charge in [0.1, 0.15) is 11.6 Å². The Kier molecular flexibility index (Phi) is 6.80. The number of benzene rings is 1. The Labute approximate surface area is 174 Å². The Bertz CT molecular complexity index is 841. The first-order valence-corrected chi connectivity index (χ1v) is 9.92. The molecule has 2 heterocycles. The third-order valence-corrected chi connectivity index (χ3v) is 4.91. The Balaban J connectivity index is 1.54. The number of hydrogen-bond donors (Lipinski definition) is 1. The summed E-state index contributed by atoms with van der Waals surface area (Å²) in [4.78, 5) is 25.4. The number of halogens is 2. The van der Waals surface area contributed by atoms with Crippen LogP contribution in [-0.4, -0.2) is 60.1 Å². The molecule has 9 heteroatoms. The molecule has 1 aromatic heterocycles. The molecule has 3 rings (SSSR count). The van der Waals surface area contributed by atoms with Gasteiger partial charge in [-0.2, -0.15) is 4.98 Å². The van der Waals surface area contributed by atoms with Gasteiger partial charge in [0.05, 0.1) is 5.02 Å². The summed E-state index contributed by atoms with van der Waals surface area (Å²) >= 11 is 11.9. The number of nitrogens with zero attached hydrogens (tertiary/aromatic N) is 4. The van der Waals surface area contributed by atoms with Gasteiger partial charge >= 0.3 is 0 Å². The molecule has 1 aliphatic rings. The molecule has 1 aromatic carbocycles. The Morgan fingerprint density at radius 2 is 1.93 bits per heavy atom. The summed E-state index contributed by atoms with van der Waals surface area (Å²) < 4.78 is 5.55. The van der Waals surface area contributed by atoms with Gasteiger partial charge in [0, 0.05) is 49.5 Å². The van der Waals surface area contributed by atoms with Crippen LogP contribution in [0.4, 0.5) is 11.8 Å². The molecule has 0 spiro atoms. The first kappa shape index (κ1) is 20.5. The van der Waals surface area contributed by atoms with Crippen LogP contribution in [0.2, 0.25) is 10.0 Å². The van der Waals surface area contributed by atoms with Crippen molar-refractivity contribution in [1.82, 2.24) is 14.9 Å². The highest BCUT2D eigenvalue weighted by molar-refractivity contribution is 6.35. The molecular weight excluding hydrogens is 401 g/mol. The zero-order valence-electron chi connectivity index (χ0n) is 15.9. The number of nitrogens with one attached hydrogen (secondary N) is 1. The third kappa shape index (κ3) is 5.17. The minimum absolute atomic E-state index is 0.0570. The van der Waals surface area contributed by atoms with E-state index in [0.29, 0.717) is 47.9 Å². The molecule has 0 unspecified atom stereocenters. The summed E-state index contributed by atoms with van der Waals surface area (Å²) in [7, 11) is 0. The van der Waals surface area contributed by atoms with E-state index < -0.39 is 0 Å². The van der Waals surface area contributed by atoms with Crippen molar-refractivity contribution in [3.05, 3.63) is 40.0 Å². The molecule has 0 radical (unpaired) electrons. The number of carbonyl (C=O) groups is 1. The van der Waals surface area contributed by atoms with E-state index in [-0.39, 0.29) is 12.5 Å². The van der Waals surface area contributed by atoms with Crippen molar-refractivity contribution in [3.63, 3.8) is 0 Å². The van der Waals surface area contributed by atoms with Gasteiger partial charge in [0.25, 0.3) is 5.91 Å². The second-order valence-electron chi connectivity index (χ2n) is 6.45. The zero-order valence-corrected chi connectivity index (χ0v) is 17.4. The number of hydrogen-bond acceptors (Lipinski definition) is 6. The van der Waals surface area contributed by atoms with Crippen LogP contribution < -0.4 is 15.0 Å². The van der Waals surface area contributed by atoms with Crippen molar-refractivity contribution in [3.8, 4) is 5.75 Å². The predicted octanol–water partition coefficient (Wildman–Crippen LogP) is 3.25. The number of piperazine rings is 1. The second-order valence-corrected chi connectivity index (χ2v) is 7.30. The fourth-order valence-corrected chi connectivity index (χ4v) is 3.42. The molecule has 0 bridgehead atoms. The summed E-state index contributed by atoms with van der Waals surface area (Å²) in [6, 6.07) is 6.89. The smallest absolute Gasteiger partial charge is 0.260 e. The lowest BCUT2D eigenvalue weighted by molar-refractivity contribution is -0.133. The van der Waals surface area contributed by atoms with E-state index in [1.807, 2.05) is 19.9 Å². The molecule has 2 aromatic rings. The number of rotatable bonds is 6. The van der Waals surface area contributed by atoms with Crippen molar-refractivity contribution >= 4 is 40.9 Å². The van der Waals surface area contributed by atoms with E-state index in [1.165, 1.54) is 0 Å². The zero-order chi connectivity index (χ0) is 20.1. The minimum atomic E-state index is -0.0714. The normalized spacial score (nSPS) is 14.1. The number of aryl methyl sites for hydroxylation is 1. The summed E-state index contributed by atoms with van der Waals surface area (Å²) in [5.41, 5.74) is 0.910. The number of aromatic nitrogens is 2. The summed E-state index contributed by atoms with van der Waals surface area (Å²) in [6.07, 6.45) is 0. The van der Waals surface area contributed by atoms with Crippen molar-refractivity contribution in [2.45, 2.75) is 13.8 Å². The maximum Gasteiger partial charge on any atom is 0.260 e. The molecule has 150 valence electrons. The van der Waals surface area contributed by atoms with Crippen molar-refractivity contribution in [2.24, 2.45) is 0 Å². The highest BCUT2D eigenvalue weighted by Crippen LogP contribution is 2.27. The fourth-order valence-electron chi connectivity index (χ4n) is 2.96. The van der Waals surface area contributed by atoms with Crippen LogP contribution in [0.5, 0.6) is 5.75 Å². The van der Waals surface area contributed by atoms with Crippen LogP contribution in [0.15, 0.2) is 24.3 Å². The standard InChI is InChI=1S/C19H23Cl2N5O2/c1-3-22-19-23-13(2)10-17(24-19)25-6-8-26(9-7-25)18(27)12-28-16-5-4-14(20)11-15(16)21/h4-5,10-11H,3,6-9,12H2,1-2H3,(H,22,23,24). The molecule has 1 fully saturated rings. The van der Waals surface area contributed by atoms with Gasteiger partial charge in [-0.1, -0.05) is 23.2 Å². The van der Waals surface area contributed by atoms with E-state index in [2.05, 4.69) is 20.2 Å². The summed E-state index contributed by atoms with van der Waals surface area (Å²) in [5.74, 6) is 1.88. The van der Waals surface area contributed by atoms with E-state index in [4.69, 9.17) is 27.9 Å². The second kappa shape index (κ2) is 9.30. The van der Waals surface area contributed by atoms with E-state index in [1.54, 1.807) is 23.1 Å². The van der Waals surface area contributed by atoms with Crippen molar-refractivity contribution in [1.29, 1.82) is 0 Å². The Hall–Kier alpha value is -2.25. The SMILES string of the molecule is CCNc1nc(C)cc(N2CCN(C(=O)COc3ccc(Cl)cc3Cl)CC2)n1. The van der Waals surface area contributed by atoms with Crippen LogP contribution in [-0.2, 0) is 4.79 Å². The first-order chi connectivity index (χ1) is 13.5. The quantitative estimate of drug-likeness (QED) is 0.768. The van der Waals surface area contributed by atoms with Crippen LogP contribution in [0.3, 0.4) is 0 Å². The third-order valence-electron chi connectivity index (χ3n) is 4.38.